The Morgan fingerprint density at radius 1 is 1.25 bits per heavy atom. The lowest BCUT2D eigenvalue weighted by Gasteiger charge is -2.20. The Labute approximate surface area is 94.9 Å². The number of hydrogen-bond acceptors (Lipinski definition) is 4. The molecule has 2 N–H and O–H groups in total. The van der Waals surface area contributed by atoms with Crippen molar-refractivity contribution in [1.82, 2.24) is 5.32 Å². The van der Waals surface area contributed by atoms with Crippen molar-refractivity contribution in [2.24, 2.45) is 5.92 Å². The van der Waals surface area contributed by atoms with E-state index in [2.05, 4.69) is 10.8 Å². The summed E-state index contributed by atoms with van der Waals surface area (Å²) in [6, 6.07) is 9.41. The number of nitrogens with one attached hydrogen (secondary N) is 2. The van der Waals surface area contributed by atoms with Crippen LogP contribution in [-0.4, -0.2) is 19.1 Å². The first-order chi connectivity index (χ1) is 7.86. The number of piperidine rings is 1. The Morgan fingerprint density at radius 3 is 2.62 bits per heavy atom. The van der Waals surface area contributed by atoms with Gasteiger partial charge in [0.05, 0.1) is 11.6 Å². The van der Waals surface area contributed by atoms with Crippen molar-refractivity contribution >= 4 is 11.7 Å². The molecular weight excluding hydrogens is 204 g/mol. The number of anilines is 1. The number of rotatable bonds is 3. The van der Waals surface area contributed by atoms with E-state index in [9.17, 15) is 4.79 Å². The van der Waals surface area contributed by atoms with E-state index in [4.69, 9.17) is 4.84 Å². The van der Waals surface area contributed by atoms with E-state index in [1.165, 1.54) is 0 Å². The van der Waals surface area contributed by atoms with Gasteiger partial charge in [0.25, 0.3) is 0 Å². The number of para-hydroxylation sites is 1. The maximum atomic E-state index is 11.7. The molecule has 1 saturated heterocycles. The quantitative estimate of drug-likeness (QED) is 0.759. The minimum atomic E-state index is -0.162. The predicted octanol–water partition coefficient (Wildman–Crippen LogP) is 1.56. The summed E-state index contributed by atoms with van der Waals surface area (Å²) in [7, 11) is 0. The molecule has 1 fully saturated rings. The van der Waals surface area contributed by atoms with Gasteiger partial charge in [0.15, 0.2) is 0 Å². The highest BCUT2D eigenvalue weighted by molar-refractivity contribution is 5.73. The SMILES string of the molecule is O=C(ONc1ccccc1)C1CCNCC1. The van der Waals surface area contributed by atoms with Crippen LogP contribution in [0.15, 0.2) is 30.3 Å². The highest BCUT2D eigenvalue weighted by atomic mass is 16.7. The minimum Gasteiger partial charge on any atom is -0.343 e. The molecule has 2 rings (SSSR count). The molecule has 86 valence electrons. The standard InChI is InChI=1S/C12H16N2O2/c15-12(10-6-8-13-9-7-10)16-14-11-4-2-1-3-5-11/h1-5,10,13-14H,6-9H2. The summed E-state index contributed by atoms with van der Waals surface area (Å²) in [5.74, 6) is -0.136. The second-order valence-corrected chi connectivity index (χ2v) is 3.91. The summed E-state index contributed by atoms with van der Waals surface area (Å²) >= 11 is 0. The van der Waals surface area contributed by atoms with Crippen LogP contribution < -0.4 is 10.8 Å². The first-order valence-corrected chi connectivity index (χ1v) is 5.59. The molecule has 4 nitrogen and oxygen atoms in total. The average Bonchev–Trinajstić information content (AvgIpc) is 2.38. The van der Waals surface area contributed by atoms with Gasteiger partial charge in [0, 0.05) is 0 Å². The van der Waals surface area contributed by atoms with Crippen molar-refractivity contribution in [3.05, 3.63) is 30.3 Å². The minimum absolute atomic E-state index is 0.0254. The fourth-order valence-corrected chi connectivity index (χ4v) is 1.76. The fourth-order valence-electron chi connectivity index (χ4n) is 1.76. The molecular formula is C12H16N2O2. The molecule has 0 aliphatic carbocycles. The van der Waals surface area contributed by atoms with Gasteiger partial charge in [-0.1, -0.05) is 18.2 Å². The summed E-state index contributed by atoms with van der Waals surface area (Å²) < 4.78 is 0. The molecule has 0 saturated carbocycles. The smallest absolute Gasteiger partial charge is 0.335 e. The van der Waals surface area contributed by atoms with Crippen LogP contribution in [-0.2, 0) is 9.63 Å². The third-order valence-corrected chi connectivity index (χ3v) is 2.72. The molecule has 1 aliphatic heterocycles. The summed E-state index contributed by atoms with van der Waals surface area (Å²) in [5, 5.41) is 3.22. The Morgan fingerprint density at radius 2 is 1.94 bits per heavy atom. The summed E-state index contributed by atoms with van der Waals surface area (Å²) in [6.45, 7) is 1.79. The number of carbonyl (C=O) groups excluding carboxylic acids is 1. The van der Waals surface area contributed by atoms with Gasteiger partial charge in [-0.25, -0.2) is 10.3 Å². The first kappa shape index (κ1) is 11.0. The molecule has 0 bridgehead atoms. The van der Waals surface area contributed by atoms with Crippen molar-refractivity contribution in [3.63, 3.8) is 0 Å². The van der Waals surface area contributed by atoms with Crippen LogP contribution in [0.1, 0.15) is 12.8 Å². The normalized spacial score (nSPS) is 16.8. The van der Waals surface area contributed by atoms with Crippen LogP contribution in [0.3, 0.4) is 0 Å². The molecule has 1 aliphatic rings. The van der Waals surface area contributed by atoms with E-state index in [1.807, 2.05) is 30.3 Å². The van der Waals surface area contributed by atoms with Crippen LogP contribution in [0.5, 0.6) is 0 Å². The summed E-state index contributed by atoms with van der Waals surface area (Å²) in [4.78, 5) is 16.7. The van der Waals surface area contributed by atoms with Gasteiger partial charge < -0.3 is 10.2 Å². The zero-order valence-corrected chi connectivity index (χ0v) is 9.11. The monoisotopic (exact) mass is 220 g/mol. The lowest BCUT2D eigenvalue weighted by molar-refractivity contribution is -0.146. The van der Waals surface area contributed by atoms with E-state index in [1.54, 1.807) is 0 Å². The van der Waals surface area contributed by atoms with E-state index in [0.29, 0.717) is 0 Å². The van der Waals surface area contributed by atoms with Gasteiger partial charge in [0.2, 0.25) is 0 Å². The lowest BCUT2D eigenvalue weighted by atomic mass is 9.99. The summed E-state index contributed by atoms with van der Waals surface area (Å²) in [5.41, 5.74) is 3.47. The van der Waals surface area contributed by atoms with Crippen LogP contribution in [0.25, 0.3) is 0 Å². The van der Waals surface area contributed by atoms with Crippen molar-refractivity contribution in [2.75, 3.05) is 18.6 Å². The second kappa shape index (κ2) is 5.51. The Hall–Kier alpha value is -1.55. The van der Waals surface area contributed by atoms with Crippen LogP contribution in [0.4, 0.5) is 5.69 Å². The van der Waals surface area contributed by atoms with Crippen molar-refractivity contribution in [3.8, 4) is 0 Å². The molecule has 16 heavy (non-hydrogen) atoms. The Bertz CT molecular complexity index is 334. The zero-order valence-electron chi connectivity index (χ0n) is 9.11. The molecule has 0 spiro atoms. The first-order valence-electron chi connectivity index (χ1n) is 5.59. The maximum Gasteiger partial charge on any atom is 0.335 e. The summed E-state index contributed by atoms with van der Waals surface area (Å²) in [6.07, 6.45) is 1.71. The highest BCUT2D eigenvalue weighted by Crippen LogP contribution is 2.14. The average molecular weight is 220 g/mol. The molecule has 1 aromatic carbocycles. The van der Waals surface area contributed by atoms with Crippen molar-refractivity contribution < 1.29 is 9.63 Å². The van der Waals surface area contributed by atoms with Gasteiger partial charge in [-0.3, -0.25) is 0 Å². The third-order valence-electron chi connectivity index (χ3n) is 2.72. The molecule has 0 amide bonds. The van der Waals surface area contributed by atoms with Gasteiger partial charge in [-0.15, -0.1) is 0 Å². The zero-order chi connectivity index (χ0) is 11.2. The van der Waals surface area contributed by atoms with Crippen LogP contribution in [0, 0.1) is 5.92 Å². The van der Waals surface area contributed by atoms with E-state index in [-0.39, 0.29) is 11.9 Å². The fraction of sp³-hybridized carbons (Fsp3) is 0.417. The Balaban J connectivity index is 1.79. The number of carbonyl (C=O) groups is 1. The largest absolute Gasteiger partial charge is 0.343 e. The molecule has 0 unspecified atom stereocenters. The lowest BCUT2D eigenvalue weighted by Crippen LogP contribution is -2.33. The van der Waals surface area contributed by atoms with Crippen molar-refractivity contribution in [1.29, 1.82) is 0 Å². The third kappa shape index (κ3) is 2.97. The van der Waals surface area contributed by atoms with Gasteiger partial charge in [-0.2, -0.15) is 0 Å². The number of benzene rings is 1. The van der Waals surface area contributed by atoms with Gasteiger partial charge in [-0.05, 0) is 38.1 Å². The predicted molar refractivity (Wildman–Crippen MR) is 61.8 cm³/mol. The molecule has 0 radical (unpaired) electrons. The molecule has 4 heteroatoms. The van der Waals surface area contributed by atoms with Crippen molar-refractivity contribution in [2.45, 2.75) is 12.8 Å². The van der Waals surface area contributed by atoms with Crippen LogP contribution in [0.2, 0.25) is 0 Å². The second-order valence-electron chi connectivity index (χ2n) is 3.91. The maximum absolute atomic E-state index is 11.7. The van der Waals surface area contributed by atoms with Crippen LogP contribution >= 0.6 is 0 Å². The number of hydrogen-bond donors (Lipinski definition) is 2. The topological polar surface area (TPSA) is 50.4 Å². The van der Waals surface area contributed by atoms with E-state index in [0.717, 1.165) is 31.6 Å². The van der Waals surface area contributed by atoms with Gasteiger partial charge in [0.1, 0.15) is 0 Å². The highest BCUT2D eigenvalue weighted by Gasteiger charge is 2.22. The molecule has 1 aromatic rings. The van der Waals surface area contributed by atoms with E-state index >= 15 is 0 Å². The molecule has 1 heterocycles. The van der Waals surface area contributed by atoms with Gasteiger partial charge >= 0.3 is 5.97 Å². The Kier molecular flexibility index (Phi) is 3.77. The molecule has 0 aromatic heterocycles. The van der Waals surface area contributed by atoms with E-state index < -0.39 is 0 Å². The molecule has 0 atom stereocenters.